The van der Waals surface area contributed by atoms with Crippen LogP contribution in [0.25, 0.3) is 0 Å². The van der Waals surface area contributed by atoms with E-state index in [-0.39, 0.29) is 11.6 Å². The molecule has 1 N–H and O–H groups in total. The molecule has 0 aliphatic heterocycles. The Labute approximate surface area is 116 Å². The topological polar surface area (TPSA) is 90.2 Å². The molecule has 0 fully saturated rings. The van der Waals surface area contributed by atoms with Crippen LogP contribution >= 0.6 is 15.9 Å². The second-order valence-corrected chi connectivity index (χ2v) is 4.41. The van der Waals surface area contributed by atoms with Crippen molar-refractivity contribution < 1.29 is 9.66 Å². The van der Waals surface area contributed by atoms with E-state index < -0.39 is 4.92 Å². The molecule has 0 aliphatic rings. The number of hydrogen-bond acceptors (Lipinski definition) is 6. The maximum Gasteiger partial charge on any atom is 0.274 e. The molecule has 7 nitrogen and oxygen atoms in total. The van der Waals surface area contributed by atoms with Crippen LogP contribution in [0.2, 0.25) is 0 Å². The summed E-state index contributed by atoms with van der Waals surface area (Å²) in [5, 5.41) is 13.6. The van der Waals surface area contributed by atoms with Gasteiger partial charge in [0.05, 0.1) is 23.4 Å². The zero-order chi connectivity index (χ0) is 13.8. The van der Waals surface area contributed by atoms with E-state index in [1.165, 1.54) is 24.5 Å². The first-order valence-corrected chi connectivity index (χ1v) is 6.00. The largest absolute Gasteiger partial charge is 0.437 e. The van der Waals surface area contributed by atoms with Crippen molar-refractivity contribution in [2.75, 3.05) is 12.4 Å². The number of benzene rings is 1. The molecule has 0 radical (unpaired) electrons. The van der Waals surface area contributed by atoms with Crippen LogP contribution in [-0.4, -0.2) is 21.9 Å². The molecular formula is C11H9BrN4O3. The third-order valence-electron chi connectivity index (χ3n) is 2.16. The summed E-state index contributed by atoms with van der Waals surface area (Å²) in [4.78, 5) is 18.3. The Morgan fingerprint density at radius 2 is 2.16 bits per heavy atom. The molecular weight excluding hydrogens is 316 g/mol. The Morgan fingerprint density at radius 3 is 2.84 bits per heavy atom. The number of nitro benzene ring substituents is 1. The molecule has 1 aromatic carbocycles. The highest BCUT2D eigenvalue weighted by Crippen LogP contribution is 2.29. The molecule has 0 bridgehead atoms. The van der Waals surface area contributed by atoms with E-state index in [1.807, 2.05) is 0 Å². The minimum absolute atomic E-state index is 0.0675. The lowest BCUT2D eigenvalue weighted by molar-refractivity contribution is -0.385. The standard InChI is InChI=1S/C11H9BrN4O3/c1-13-10-5-14-6-11(15-10)19-9-3-7(12)2-8(4-9)16(17)18/h2-6H,1H3,(H,13,15). The minimum atomic E-state index is -0.493. The van der Waals surface area contributed by atoms with Gasteiger partial charge in [-0.25, -0.2) is 0 Å². The molecule has 0 saturated heterocycles. The molecule has 0 amide bonds. The lowest BCUT2D eigenvalue weighted by atomic mass is 10.3. The number of rotatable bonds is 4. The number of ether oxygens (including phenoxy) is 1. The van der Waals surface area contributed by atoms with E-state index in [4.69, 9.17) is 4.74 Å². The van der Waals surface area contributed by atoms with Crippen molar-refractivity contribution in [3.63, 3.8) is 0 Å². The number of nitrogens with zero attached hydrogens (tertiary/aromatic N) is 3. The first kappa shape index (κ1) is 13.2. The predicted octanol–water partition coefficient (Wildman–Crippen LogP) is 2.98. The Kier molecular flexibility index (Phi) is 3.91. The van der Waals surface area contributed by atoms with Gasteiger partial charge >= 0.3 is 0 Å². The fraction of sp³-hybridized carbons (Fsp3) is 0.0909. The van der Waals surface area contributed by atoms with Crippen molar-refractivity contribution in [3.05, 3.63) is 45.2 Å². The minimum Gasteiger partial charge on any atom is -0.437 e. The summed E-state index contributed by atoms with van der Waals surface area (Å²) in [5.41, 5.74) is -0.0675. The van der Waals surface area contributed by atoms with Crippen LogP contribution in [0, 0.1) is 10.1 Å². The SMILES string of the molecule is CNc1cncc(Oc2cc(Br)cc([N+](=O)[O-])c2)n1. The van der Waals surface area contributed by atoms with E-state index in [1.54, 1.807) is 13.1 Å². The highest BCUT2D eigenvalue weighted by atomic mass is 79.9. The predicted molar refractivity (Wildman–Crippen MR) is 72.4 cm³/mol. The number of hydrogen-bond donors (Lipinski definition) is 1. The van der Waals surface area contributed by atoms with E-state index in [0.29, 0.717) is 16.0 Å². The Morgan fingerprint density at radius 1 is 1.37 bits per heavy atom. The molecule has 1 heterocycles. The van der Waals surface area contributed by atoms with Crippen molar-refractivity contribution >= 4 is 27.4 Å². The summed E-state index contributed by atoms with van der Waals surface area (Å²) < 4.78 is 5.99. The molecule has 0 unspecified atom stereocenters. The fourth-order valence-electron chi connectivity index (χ4n) is 1.35. The van der Waals surface area contributed by atoms with Crippen LogP contribution in [0.4, 0.5) is 11.5 Å². The third-order valence-corrected chi connectivity index (χ3v) is 2.62. The number of anilines is 1. The smallest absolute Gasteiger partial charge is 0.274 e. The van der Waals surface area contributed by atoms with Gasteiger partial charge in [0.1, 0.15) is 11.6 Å². The third kappa shape index (κ3) is 3.38. The van der Waals surface area contributed by atoms with Crippen LogP contribution in [0.3, 0.4) is 0 Å². The molecule has 19 heavy (non-hydrogen) atoms. The fourth-order valence-corrected chi connectivity index (χ4v) is 1.81. The van der Waals surface area contributed by atoms with Gasteiger partial charge in [-0.15, -0.1) is 0 Å². The van der Waals surface area contributed by atoms with Crippen LogP contribution < -0.4 is 10.1 Å². The summed E-state index contributed by atoms with van der Waals surface area (Å²) in [7, 11) is 1.71. The molecule has 0 atom stereocenters. The monoisotopic (exact) mass is 324 g/mol. The number of aromatic nitrogens is 2. The summed E-state index contributed by atoms with van der Waals surface area (Å²) in [6, 6.07) is 4.32. The van der Waals surface area contributed by atoms with Gasteiger partial charge in [-0.1, -0.05) is 15.9 Å². The first-order chi connectivity index (χ1) is 9.08. The van der Waals surface area contributed by atoms with Crippen molar-refractivity contribution in [3.8, 4) is 11.6 Å². The Hall–Kier alpha value is -2.22. The Bertz CT molecular complexity index is 621. The van der Waals surface area contributed by atoms with Gasteiger partial charge in [0.2, 0.25) is 5.88 Å². The number of halogens is 1. The van der Waals surface area contributed by atoms with Gasteiger partial charge in [0, 0.05) is 17.6 Å². The van der Waals surface area contributed by atoms with Crippen LogP contribution in [0.5, 0.6) is 11.6 Å². The van der Waals surface area contributed by atoms with Gasteiger partial charge in [0.25, 0.3) is 5.69 Å². The molecule has 0 saturated carbocycles. The van der Waals surface area contributed by atoms with Gasteiger partial charge in [0.15, 0.2) is 0 Å². The second kappa shape index (κ2) is 5.61. The van der Waals surface area contributed by atoms with E-state index in [2.05, 4.69) is 31.2 Å². The van der Waals surface area contributed by atoms with E-state index in [9.17, 15) is 10.1 Å². The summed E-state index contributed by atoms with van der Waals surface area (Å²) in [6.07, 6.45) is 2.96. The molecule has 0 aliphatic carbocycles. The summed E-state index contributed by atoms with van der Waals surface area (Å²) in [6.45, 7) is 0. The van der Waals surface area contributed by atoms with E-state index >= 15 is 0 Å². The van der Waals surface area contributed by atoms with Crippen molar-refractivity contribution in [1.82, 2.24) is 9.97 Å². The lowest BCUT2D eigenvalue weighted by Gasteiger charge is -2.06. The molecule has 1 aromatic heterocycles. The van der Waals surface area contributed by atoms with Crippen LogP contribution in [-0.2, 0) is 0 Å². The average molecular weight is 325 g/mol. The number of nitrogens with one attached hydrogen (secondary N) is 1. The molecule has 8 heteroatoms. The van der Waals surface area contributed by atoms with Crippen LogP contribution in [0.1, 0.15) is 0 Å². The van der Waals surface area contributed by atoms with Crippen molar-refractivity contribution in [2.24, 2.45) is 0 Å². The molecule has 2 aromatic rings. The van der Waals surface area contributed by atoms with Gasteiger partial charge in [-0.3, -0.25) is 15.1 Å². The first-order valence-electron chi connectivity index (χ1n) is 5.21. The number of non-ortho nitro benzene ring substituents is 1. The second-order valence-electron chi connectivity index (χ2n) is 3.50. The lowest BCUT2D eigenvalue weighted by Crippen LogP contribution is -1.96. The normalized spacial score (nSPS) is 10.0. The zero-order valence-electron chi connectivity index (χ0n) is 9.83. The summed E-state index contributed by atoms with van der Waals surface area (Å²) >= 11 is 3.19. The van der Waals surface area contributed by atoms with Crippen LogP contribution in [0.15, 0.2) is 35.1 Å². The average Bonchev–Trinajstić information content (AvgIpc) is 2.38. The molecule has 98 valence electrons. The van der Waals surface area contributed by atoms with Gasteiger partial charge in [-0.2, -0.15) is 4.98 Å². The van der Waals surface area contributed by atoms with Crippen molar-refractivity contribution in [2.45, 2.75) is 0 Å². The molecule has 2 rings (SSSR count). The Balaban J connectivity index is 2.29. The quantitative estimate of drug-likeness (QED) is 0.686. The van der Waals surface area contributed by atoms with E-state index in [0.717, 1.165) is 0 Å². The maximum atomic E-state index is 10.7. The zero-order valence-corrected chi connectivity index (χ0v) is 11.4. The highest BCUT2D eigenvalue weighted by Gasteiger charge is 2.10. The van der Waals surface area contributed by atoms with Gasteiger partial charge < -0.3 is 10.1 Å². The van der Waals surface area contributed by atoms with Crippen molar-refractivity contribution in [1.29, 1.82) is 0 Å². The number of nitro groups is 1. The highest BCUT2D eigenvalue weighted by molar-refractivity contribution is 9.10. The van der Waals surface area contributed by atoms with Gasteiger partial charge in [-0.05, 0) is 6.07 Å². The molecule has 0 spiro atoms. The summed E-state index contributed by atoms with van der Waals surface area (Å²) in [5.74, 6) is 1.10. The maximum absolute atomic E-state index is 10.7.